The molecule has 2 N–H and O–H groups in total. The number of nitrogens with one attached hydrogen (secondary N) is 1. The van der Waals surface area contributed by atoms with Gasteiger partial charge in [0, 0.05) is 27.2 Å². The molecule has 0 bridgehead atoms. The monoisotopic (exact) mass is 299 g/mol. The van der Waals surface area contributed by atoms with Gasteiger partial charge in [-0.2, -0.15) is 0 Å². The molecule has 21 heavy (non-hydrogen) atoms. The lowest BCUT2D eigenvalue weighted by molar-refractivity contribution is -0.144. The molecule has 3 amide bonds. The van der Waals surface area contributed by atoms with Gasteiger partial charge in [-0.15, -0.1) is 0 Å². The molecule has 1 heterocycles. The van der Waals surface area contributed by atoms with Crippen LogP contribution in [-0.4, -0.2) is 66.0 Å². The van der Waals surface area contributed by atoms with Gasteiger partial charge in [0.25, 0.3) is 0 Å². The molecule has 0 spiro atoms. The van der Waals surface area contributed by atoms with Crippen LogP contribution in [0.25, 0.3) is 0 Å². The Kier molecular flexibility index (Phi) is 5.99. The number of carboxylic acids is 1. The van der Waals surface area contributed by atoms with E-state index in [2.05, 4.69) is 5.32 Å². The number of piperidine rings is 1. The van der Waals surface area contributed by atoms with E-state index in [9.17, 15) is 14.4 Å². The van der Waals surface area contributed by atoms with Crippen molar-refractivity contribution >= 4 is 17.9 Å². The molecule has 7 heteroatoms. The van der Waals surface area contributed by atoms with Crippen LogP contribution in [0.15, 0.2) is 0 Å². The zero-order valence-corrected chi connectivity index (χ0v) is 13.1. The Balaban J connectivity index is 2.65. The highest BCUT2D eigenvalue weighted by Crippen LogP contribution is 2.18. The molecule has 120 valence electrons. The van der Waals surface area contributed by atoms with Crippen molar-refractivity contribution in [1.82, 2.24) is 15.1 Å². The van der Waals surface area contributed by atoms with Crippen molar-refractivity contribution in [3.8, 4) is 0 Å². The summed E-state index contributed by atoms with van der Waals surface area (Å²) in [7, 11) is 3.34. The van der Waals surface area contributed by atoms with Gasteiger partial charge in [-0.05, 0) is 18.8 Å². The van der Waals surface area contributed by atoms with Gasteiger partial charge in [-0.1, -0.05) is 13.8 Å². The number of nitrogens with zero attached hydrogens (tertiary/aromatic N) is 2. The molecular formula is C14H25N3O4. The Hall–Kier alpha value is -1.79. The summed E-state index contributed by atoms with van der Waals surface area (Å²) in [4.78, 5) is 38.4. The van der Waals surface area contributed by atoms with Crippen LogP contribution in [0.2, 0.25) is 0 Å². The summed E-state index contributed by atoms with van der Waals surface area (Å²) >= 11 is 0. The quantitative estimate of drug-likeness (QED) is 0.795. The van der Waals surface area contributed by atoms with Crippen LogP contribution in [-0.2, 0) is 9.59 Å². The molecule has 1 rings (SSSR count). The minimum absolute atomic E-state index is 0.119. The molecule has 1 fully saturated rings. The number of hydrogen-bond acceptors (Lipinski definition) is 3. The van der Waals surface area contributed by atoms with Crippen molar-refractivity contribution in [2.45, 2.75) is 32.7 Å². The van der Waals surface area contributed by atoms with Gasteiger partial charge in [0.05, 0.1) is 5.92 Å². The SMILES string of the molecule is CC(C)[C@H](NC(=O)C1CCCN(C(=O)N(C)C)C1)C(=O)O. The number of carboxylic acid groups (broad SMARTS) is 1. The van der Waals surface area contributed by atoms with E-state index in [1.54, 1.807) is 32.8 Å². The zero-order valence-electron chi connectivity index (χ0n) is 13.1. The van der Waals surface area contributed by atoms with Crippen LogP contribution < -0.4 is 5.32 Å². The second kappa shape index (κ2) is 7.28. The van der Waals surface area contributed by atoms with Crippen LogP contribution in [0.4, 0.5) is 4.79 Å². The highest BCUT2D eigenvalue weighted by atomic mass is 16.4. The van der Waals surface area contributed by atoms with Crippen LogP contribution in [0.1, 0.15) is 26.7 Å². The smallest absolute Gasteiger partial charge is 0.326 e. The maximum atomic E-state index is 12.2. The maximum Gasteiger partial charge on any atom is 0.326 e. The third kappa shape index (κ3) is 4.61. The second-order valence-corrected chi connectivity index (χ2v) is 6.03. The number of carbonyl (C=O) groups is 3. The number of rotatable bonds is 4. The molecule has 1 aliphatic rings. The summed E-state index contributed by atoms with van der Waals surface area (Å²) in [6, 6.07) is -1.01. The van der Waals surface area contributed by atoms with Crippen molar-refractivity contribution in [3.63, 3.8) is 0 Å². The van der Waals surface area contributed by atoms with Gasteiger partial charge in [0.15, 0.2) is 0 Å². The number of aliphatic carboxylic acids is 1. The first-order valence-corrected chi connectivity index (χ1v) is 7.23. The molecular weight excluding hydrogens is 274 g/mol. The van der Waals surface area contributed by atoms with E-state index in [1.165, 1.54) is 4.90 Å². The Morgan fingerprint density at radius 3 is 2.38 bits per heavy atom. The van der Waals surface area contributed by atoms with Gasteiger partial charge in [-0.3, -0.25) is 4.79 Å². The van der Waals surface area contributed by atoms with Crippen LogP contribution >= 0.6 is 0 Å². The fourth-order valence-electron chi connectivity index (χ4n) is 2.43. The first-order chi connectivity index (χ1) is 9.73. The van der Waals surface area contributed by atoms with Crippen molar-refractivity contribution in [3.05, 3.63) is 0 Å². The van der Waals surface area contributed by atoms with E-state index < -0.39 is 12.0 Å². The summed E-state index contributed by atoms with van der Waals surface area (Å²) < 4.78 is 0. The summed E-state index contributed by atoms with van der Waals surface area (Å²) in [5.41, 5.74) is 0. The van der Waals surface area contributed by atoms with Crippen molar-refractivity contribution in [1.29, 1.82) is 0 Å². The van der Waals surface area contributed by atoms with E-state index in [0.717, 1.165) is 6.42 Å². The topological polar surface area (TPSA) is 90.0 Å². The van der Waals surface area contributed by atoms with Crippen LogP contribution in [0.5, 0.6) is 0 Å². The summed E-state index contributed by atoms with van der Waals surface area (Å²) in [6.07, 6.45) is 1.42. The molecule has 0 aromatic rings. The zero-order chi connectivity index (χ0) is 16.2. The number of urea groups is 1. The minimum Gasteiger partial charge on any atom is -0.480 e. The Morgan fingerprint density at radius 1 is 1.29 bits per heavy atom. The molecule has 0 aliphatic carbocycles. The summed E-state index contributed by atoms with van der Waals surface area (Å²) in [5.74, 6) is -1.85. The first-order valence-electron chi connectivity index (χ1n) is 7.23. The van der Waals surface area contributed by atoms with E-state index in [-0.39, 0.29) is 23.8 Å². The van der Waals surface area contributed by atoms with Gasteiger partial charge in [-0.25, -0.2) is 9.59 Å². The lowest BCUT2D eigenvalue weighted by Gasteiger charge is -2.34. The van der Waals surface area contributed by atoms with Gasteiger partial charge < -0.3 is 20.2 Å². The lowest BCUT2D eigenvalue weighted by Crippen LogP contribution is -2.52. The Morgan fingerprint density at radius 2 is 1.90 bits per heavy atom. The van der Waals surface area contributed by atoms with Crippen molar-refractivity contribution in [2.75, 3.05) is 27.2 Å². The third-order valence-corrected chi connectivity index (χ3v) is 3.68. The number of carbonyl (C=O) groups excluding carboxylic acids is 2. The average molecular weight is 299 g/mol. The van der Waals surface area contributed by atoms with Gasteiger partial charge in [0.2, 0.25) is 5.91 Å². The van der Waals surface area contributed by atoms with E-state index in [1.807, 2.05) is 0 Å². The molecule has 0 saturated carbocycles. The predicted molar refractivity (Wildman–Crippen MR) is 77.8 cm³/mol. The van der Waals surface area contributed by atoms with E-state index in [0.29, 0.717) is 19.5 Å². The highest BCUT2D eigenvalue weighted by molar-refractivity contribution is 5.86. The lowest BCUT2D eigenvalue weighted by atomic mass is 9.96. The number of amides is 3. The highest BCUT2D eigenvalue weighted by Gasteiger charge is 2.32. The van der Waals surface area contributed by atoms with Crippen LogP contribution in [0, 0.1) is 11.8 Å². The molecule has 1 unspecified atom stereocenters. The second-order valence-electron chi connectivity index (χ2n) is 6.03. The minimum atomic E-state index is -1.03. The largest absolute Gasteiger partial charge is 0.480 e. The number of hydrogen-bond donors (Lipinski definition) is 2. The third-order valence-electron chi connectivity index (χ3n) is 3.68. The fourth-order valence-corrected chi connectivity index (χ4v) is 2.43. The molecule has 0 aromatic carbocycles. The van der Waals surface area contributed by atoms with E-state index in [4.69, 9.17) is 5.11 Å². The standard InChI is InChI=1S/C14H25N3O4/c1-9(2)11(13(19)20)15-12(18)10-6-5-7-17(8-10)14(21)16(3)4/h9-11H,5-8H2,1-4H3,(H,15,18)(H,19,20)/t10?,11-/m0/s1. The van der Waals surface area contributed by atoms with E-state index >= 15 is 0 Å². The molecule has 0 radical (unpaired) electrons. The molecule has 0 aromatic heterocycles. The average Bonchev–Trinajstić information content (AvgIpc) is 2.42. The van der Waals surface area contributed by atoms with Crippen molar-refractivity contribution in [2.24, 2.45) is 11.8 Å². The normalized spacial score (nSPS) is 20.0. The fraction of sp³-hybridized carbons (Fsp3) is 0.786. The van der Waals surface area contributed by atoms with Gasteiger partial charge in [0.1, 0.15) is 6.04 Å². The van der Waals surface area contributed by atoms with Crippen molar-refractivity contribution < 1.29 is 19.5 Å². The molecule has 7 nitrogen and oxygen atoms in total. The predicted octanol–water partition coefficient (Wildman–Crippen LogP) is 0.605. The summed E-state index contributed by atoms with van der Waals surface area (Å²) in [6.45, 7) is 4.48. The molecule has 1 aliphatic heterocycles. The van der Waals surface area contributed by atoms with Gasteiger partial charge >= 0.3 is 12.0 Å². The first kappa shape index (κ1) is 17.3. The molecule has 1 saturated heterocycles. The Bertz CT molecular complexity index is 409. The maximum absolute atomic E-state index is 12.2. The van der Waals surface area contributed by atoms with Crippen LogP contribution in [0.3, 0.4) is 0 Å². The summed E-state index contributed by atoms with van der Waals surface area (Å²) in [5, 5.41) is 11.7. The Labute approximate surface area is 125 Å². The number of likely N-dealkylation sites (tertiary alicyclic amines) is 1. The molecule has 2 atom stereocenters.